The van der Waals surface area contributed by atoms with E-state index in [1.807, 2.05) is 28.8 Å². The minimum Gasteiger partial charge on any atom is -0.496 e. The lowest BCUT2D eigenvalue weighted by Gasteiger charge is -2.07. The molecule has 6 nitrogen and oxygen atoms in total. The first-order chi connectivity index (χ1) is 10.7. The van der Waals surface area contributed by atoms with Crippen LogP contribution in [0.5, 0.6) is 5.75 Å². The Balaban J connectivity index is 1.73. The molecule has 0 aliphatic heterocycles. The van der Waals surface area contributed by atoms with Crippen molar-refractivity contribution < 1.29 is 9.53 Å². The van der Waals surface area contributed by atoms with Crippen LogP contribution in [-0.2, 0) is 6.54 Å². The Morgan fingerprint density at radius 1 is 1.32 bits per heavy atom. The molecule has 2 aromatic heterocycles. The molecule has 3 aromatic rings. The van der Waals surface area contributed by atoms with Crippen LogP contribution < -0.4 is 10.1 Å². The predicted octanol–water partition coefficient (Wildman–Crippen LogP) is 2.43. The molecule has 1 N–H and O–H groups in total. The number of aromatic nitrogens is 3. The first-order valence-corrected chi connectivity index (χ1v) is 7.38. The van der Waals surface area contributed by atoms with Crippen molar-refractivity contribution in [2.75, 3.05) is 7.11 Å². The third kappa shape index (κ3) is 2.80. The Morgan fingerprint density at radius 2 is 2.18 bits per heavy atom. The molecular formula is C15H13BrN4O2. The van der Waals surface area contributed by atoms with Gasteiger partial charge in [0.05, 0.1) is 18.1 Å². The Hall–Kier alpha value is -2.41. The first kappa shape index (κ1) is 14.5. The van der Waals surface area contributed by atoms with Gasteiger partial charge in [-0.1, -0.05) is 6.07 Å². The average molecular weight is 361 g/mol. The van der Waals surface area contributed by atoms with E-state index < -0.39 is 0 Å². The molecule has 0 radical (unpaired) electrons. The van der Waals surface area contributed by atoms with Gasteiger partial charge in [-0.05, 0) is 46.3 Å². The van der Waals surface area contributed by atoms with Crippen molar-refractivity contribution in [1.82, 2.24) is 19.9 Å². The second-order valence-electron chi connectivity index (χ2n) is 4.58. The molecule has 112 valence electrons. The van der Waals surface area contributed by atoms with E-state index in [1.165, 1.54) is 0 Å². The molecule has 1 amide bonds. The smallest absolute Gasteiger partial charge is 0.251 e. The number of carbonyl (C=O) groups is 1. The topological polar surface area (TPSA) is 68.5 Å². The Bertz CT molecular complexity index is 831. The van der Waals surface area contributed by atoms with Crippen molar-refractivity contribution in [2.24, 2.45) is 0 Å². The SMILES string of the molecule is COc1ccc(C(=O)NCc2nnc3ccccn23)cc1Br. The summed E-state index contributed by atoms with van der Waals surface area (Å²) < 4.78 is 7.72. The van der Waals surface area contributed by atoms with Gasteiger partial charge in [-0.15, -0.1) is 10.2 Å². The minimum atomic E-state index is -0.184. The van der Waals surface area contributed by atoms with E-state index in [4.69, 9.17) is 4.74 Å². The molecule has 2 heterocycles. The number of carbonyl (C=O) groups excluding carboxylic acids is 1. The zero-order valence-corrected chi connectivity index (χ0v) is 13.4. The number of halogens is 1. The number of nitrogens with one attached hydrogen (secondary N) is 1. The standard InChI is InChI=1S/C15H13BrN4O2/c1-22-12-6-5-10(8-11(12)16)15(21)17-9-14-19-18-13-4-2-3-7-20(13)14/h2-8H,9H2,1H3,(H,17,21). The maximum Gasteiger partial charge on any atom is 0.251 e. The number of amides is 1. The number of pyridine rings is 1. The Labute approximate surface area is 135 Å². The van der Waals surface area contributed by atoms with Gasteiger partial charge in [-0.3, -0.25) is 9.20 Å². The number of hydrogen-bond acceptors (Lipinski definition) is 4. The van der Waals surface area contributed by atoms with Crippen LogP contribution in [0.3, 0.4) is 0 Å². The van der Waals surface area contributed by atoms with Crippen LogP contribution in [-0.4, -0.2) is 27.6 Å². The van der Waals surface area contributed by atoms with Gasteiger partial charge in [-0.25, -0.2) is 0 Å². The third-order valence-electron chi connectivity index (χ3n) is 3.21. The Kier molecular flexibility index (Phi) is 4.06. The number of hydrogen-bond donors (Lipinski definition) is 1. The van der Waals surface area contributed by atoms with Crippen molar-refractivity contribution in [3.63, 3.8) is 0 Å². The fourth-order valence-electron chi connectivity index (χ4n) is 2.08. The largest absolute Gasteiger partial charge is 0.496 e. The van der Waals surface area contributed by atoms with E-state index in [0.29, 0.717) is 23.7 Å². The van der Waals surface area contributed by atoms with Gasteiger partial charge < -0.3 is 10.1 Å². The summed E-state index contributed by atoms with van der Waals surface area (Å²) in [7, 11) is 1.58. The van der Waals surface area contributed by atoms with Crippen LogP contribution in [0.15, 0.2) is 47.1 Å². The predicted molar refractivity (Wildman–Crippen MR) is 84.9 cm³/mol. The number of benzene rings is 1. The van der Waals surface area contributed by atoms with Crippen molar-refractivity contribution in [3.8, 4) is 5.75 Å². The maximum absolute atomic E-state index is 12.2. The second kappa shape index (κ2) is 6.15. The molecule has 0 atom stereocenters. The molecule has 3 rings (SSSR count). The highest BCUT2D eigenvalue weighted by Crippen LogP contribution is 2.25. The van der Waals surface area contributed by atoms with Gasteiger partial charge in [0, 0.05) is 11.8 Å². The van der Waals surface area contributed by atoms with E-state index in [9.17, 15) is 4.79 Å². The fourth-order valence-corrected chi connectivity index (χ4v) is 2.62. The minimum absolute atomic E-state index is 0.184. The third-order valence-corrected chi connectivity index (χ3v) is 3.83. The van der Waals surface area contributed by atoms with Gasteiger partial charge >= 0.3 is 0 Å². The number of ether oxygens (including phenoxy) is 1. The molecule has 0 spiro atoms. The summed E-state index contributed by atoms with van der Waals surface area (Å²) in [5, 5.41) is 11.0. The van der Waals surface area contributed by atoms with Gasteiger partial charge in [0.25, 0.3) is 5.91 Å². The maximum atomic E-state index is 12.2. The van der Waals surface area contributed by atoms with Crippen molar-refractivity contribution >= 4 is 27.5 Å². The highest BCUT2D eigenvalue weighted by Gasteiger charge is 2.10. The molecule has 0 fully saturated rings. The zero-order chi connectivity index (χ0) is 15.5. The van der Waals surface area contributed by atoms with Crippen molar-refractivity contribution in [3.05, 3.63) is 58.5 Å². The molecule has 0 bridgehead atoms. The molecule has 22 heavy (non-hydrogen) atoms. The Morgan fingerprint density at radius 3 is 2.95 bits per heavy atom. The lowest BCUT2D eigenvalue weighted by molar-refractivity contribution is 0.0949. The average Bonchev–Trinajstić information content (AvgIpc) is 2.95. The summed E-state index contributed by atoms with van der Waals surface area (Å²) in [6.07, 6.45) is 1.86. The lowest BCUT2D eigenvalue weighted by Crippen LogP contribution is -2.24. The number of rotatable bonds is 4. The van der Waals surface area contributed by atoms with E-state index in [-0.39, 0.29) is 5.91 Å². The van der Waals surface area contributed by atoms with E-state index >= 15 is 0 Å². The summed E-state index contributed by atoms with van der Waals surface area (Å²) >= 11 is 3.37. The van der Waals surface area contributed by atoms with E-state index in [2.05, 4.69) is 31.4 Å². The summed E-state index contributed by atoms with van der Waals surface area (Å²) in [6, 6.07) is 10.8. The fraction of sp³-hybridized carbons (Fsp3) is 0.133. The van der Waals surface area contributed by atoms with E-state index in [0.717, 1.165) is 10.1 Å². The number of methoxy groups -OCH3 is 1. The monoisotopic (exact) mass is 360 g/mol. The van der Waals surface area contributed by atoms with Crippen molar-refractivity contribution in [2.45, 2.75) is 6.54 Å². The molecule has 0 aliphatic rings. The summed E-state index contributed by atoms with van der Waals surface area (Å²) in [4.78, 5) is 12.2. The quantitative estimate of drug-likeness (QED) is 0.775. The van der Waals surface area contributed by atoms with Crippen LogP contribution >= 0.6 is 15.9 Å². The van der Waals surface area contributed by atoms with Gasteiger partial charge in [0.15, 0.2) is 11.5 Å². The van der Waals surface area contributed by atoms with Gasteiger partial charge in [0.1, 0.15) is 5.75 Å². The van der Waals surface area contributed by atoms with Crippen LogP contribution in [0.25, 0.3) is 5.65 Å². The van der Waals surface area contributed by atoms with Gasteiger partial charge in [-0.2, -0.15) is 0 Å². The summed E-state index contributed by atoms with van der Waals surface area (Å²) in [5.41, 5.74) is 1.29. The van der Waals surface area contributed by atoms with Gasteiger partial charge in [0.2, 0.25) is 0 Å². The van der Waals surface area contributed by atoms with Crippen LogP contribution in [0.4, 0.5) is 0 Å². The molecular weight excluding hydrogens is 348 g/mol. The van der Waals surface area contributed by atoms with Crippen molar-refractivity contribution in [1.29, 1.82) is 0 Å². The van der Waals surface area contributed by atoms with Crippen LogP contribution in [0.2, 0.25) is 0 Å². The van der Waals surface area contributed by atoms with E-state index in [1.54, 1.807) is 25.3 Å². The molecule has 0 unspecified atom stereocenters. The molecule has 7 heteroatoms. The lowest BCUT2D eigenvalue weighted by atomic mass is 10.2. The number of nitrogens with zero attached hydrogens (tertiary/aromatic N) is 3. The number of fused-ring (bicyclic) bond motifs is 1. The normalized spacial score (nSPS) is 10.6. The van der Waals surface area contributed by atoms with Crippen LogP contribution in [0, 0.1) is 0 Å². The summed E-state index contributed by atoms with van der Waals surface area (Å²) in [5.74, 6) is 1.17. The highest BCUT2D eigenvalue weighted by atomic mass is 79.9. The molecule has 0 saturated heterocycles. The zero-order valence-electron chi connectivity index (χ0n) is 11.8. The molecule has 0 saturated carbocycles. The molecule has 1 aromatic carbocycles. The molecule has 0 aliphatic carbocycles. The second-order valence-corrected chi connectivity index (χ2v) is 5.43. The highest BCUT2D eigenvalue weighted by molar-refractivity contribution is 9.10. The first-order valence-electron chi connectivity index (χ1n) is 6.59. The summed E-state index contributed by atoms with van der Waals surface area (Å²) in [6.45, 7) is 0.299. The van der Waals surface area contributed by atoms with Crippen LogP contribution in [0.1, 0.15) is 16.2 Å².